The Morgan fingerprint density at radius 2 is 2.29 bits per heavy atom. The van der Waals surface area contributed by atoms with Gasteiger partial charge in [-0.15, -0.1) is 5.10 Å². The van der Waals surface area contributed by atoms with Gasteiger partial charge in [0.2, 0.25) is 0 Å². The number of carbonyl (C=O) groups is 1. The Bertz CT molecular complexity index is 630. The van der Waals surface area contributed by atoms with Gasteiger partial charge in [0.05, 0.1) is 18.8 Å². The van der Waals surface area contributed by atoms with Crippen molar-refractivity contribution in [2.45, 2.75) is 13.2 Å². The lowest BCUT2D eigenvalue weighted by atomic mass is 10.3. The fourth-order valence-corrected chi connectivity index (χ4v) is 1.95. The van der Waals surface area contributed by atoms with Gasteiger partial charge in [-0.25, -0.2) is 9.48 Å². The van der Waals surface area contributed by atoms with Crippen molar-refractivity contribution in [2.24, 2.45) is 0 Å². The first-order valence-corrected chi connectivity index (χ1v) is 6.52. The summed E-state index contributed by atoms with van der Waals surface area (Å²) in [6.07, 6.45) is 0. The number of aromatic carboxylic acids is 1. The number of carboxylic acid groups (broad SMARTS) is 1. The molecule has 0 amide bonds. The number of benzene rings is 1. The number of nitrogens with zero attached hydrogens (tertiary/aromatic N) is 3. The molecule has 0 unspecified atom stereocenters. The van der Waals surface area contributed by atoms with Crippen LogP contribution in [-0.2, 0) is 17.9 Å². The van der Waals surface area contributed by atoms with E-state index in [9.17, 15) is 4.79 Å². The molecule has 21 heavy (non-hydrogen) atoms. The summed E-state index contributed by atoms with van der Waals surface area (Å²) in [5.41, 5.74) is 0.291. The van der Waals surface area contributed by atoms with Crippen LogP contribution in [0.5, 0.6) is 5.75 Å². The number of methoxy groups -OCH3 is 1. The van der Waals surface area contributed by atoms with Crippen LogP contribution in [0.3, 0.4) is 0 Å². The second-order valence-corrected chi connectivity index (χ2v) is 4.59. The molecule has 0 spiro atoms. The zero-order valence-corrected chi connectivity index (χ0v) is 12.1. The SMILES string of the molecule is COCc1c(C(=O)O)nnn1CCOc1cccc(Cl)c1. The minimum absolute atomic E-state index is 0.111. The van der Waals surface area contributed by atoms with Crippen LogP contribution in [0.2, 0.25) is 5.02 Å². The van der Waals surface area contributed by atoms with Crippen LogP contribution in [0, 0.1) is 0 Å². The average molecular weight is 312 g/mol. The van der Waals surface area contributed by atoms with Gasteiger partial charge in [0.1, 0.15) is 12.4 Å². The molecule has 1 N–H and O–H groups in total. The van der Waals surface area contributed by atoms with E-state index in [4.69, 9.17) is 26.2 Å². The fourth-order valence-electron chi connectivity index (χ4n) is 1.76. The van der Waals surface area contributed by atoms with E-state index in [2.05, 4.69) is 10.3 Å². The molecule has 0 atom stereocenters. The quantitative estimate of drug-likeness (QED) is 0.840. The first kappa shape index (κ1) is 15.3. The molecule has 0 aliphatic carbocycles. The Hall–Kier alpha value is -2.12. The van der Waals surface area contributed by atoms with Crippen LogP contribution in [0.15, 0.2) is 24.3 Å². The summed E-state index contributed by atoms with van der Waals surface area (Å²) >= 11 is 5.86. The Balaban J connectivity index is 2.01. The highest BCUT2D eigenvalue weighted by molar-refractivity contribution is 6.30. The highest BCUT2D eigenvalue weighted by Crippen LogP contribution is 2.17. The highest BCUT2D eigenvalue weighted by Gasteiger charge is 2.18. The lowest BCUT2D eigenvalue weighted by Crippen LogP contribution is -2.14. The molecule has 0 fully saturated rings. The van der Waals surface area contributed by atoms with E-state index < -0.39 is 5.97 Å². The van der Waals surface area contributed by atoms with E-state index >= 15 is 0 Å². The van der Waals surface area contributed by atoms with Crippen molar-refractivity contribution >= 4 is 17.6 Å². The number of aromatic nitrogens is 3. The van der Waals surface area contributed by atoms with Crippen molar-refractivity contribution in [3.63, 3.8) is 0 Å². The van der Waals surface area contributed by atoms with Crippen molar-refractivity contribution in [3.05, 3.63) is 40.7 Å². The van der Waals surface area contributed by atoms with Crippen LogP contribution < -0.4 is 4.74 Å². The number of hydrogen-bond acceptors (Lipinski definition) is 5. The van der Waals surface area contributed by atoms with E-state index in [1.807, 2.05) is 0 Å². The molecule has 0 aliphatic rings. The number of carboxylic acids is 1. The van der Waals surface area contributed by atoms with Gasteiger partial charge in [0.15, 0.2) is 5.69 Å². The molecule has 2 rings (SSSR count). The van der Waals surface area contributed by atoms with Gasteiger partial charge in [0, 0.05) is 12.1 Å². The monoisotopic (exact) mass is 311 g/mol. The molecule has 0 saturated heterocycles. The van der Waals surface area contributed by atoms with Gasteiger partial charge in [-0.1, -0.05) is 22.9 Å². The third kappa shape index (κ3) is 3.93. The summed E-state index contributed by atoms with van der Waals surface area (Å²) in [5.74, 6) is -0.501. The highest BCUT2D eigenvalue weighted by atomic mass is 35.5. The van der Waals surface area contributed by atoms with Gasteiger partial charge < -0.3 is 14.6 Å². The number of ether oxygens (including phenoxy) is 2. The molecule has 1 aromatic heterocycles. The Morgan fingerprint density at radius 1 is 1.48 bits per heavy atom. The molecular formula is C13H14ClN3O4. The predicted molar refractivity (Wildman–Crippen MR) is 74.6 cm³/mol. The predicted octanol–water partition coefficient (Wildman–Crippen LogP) is 1.86. The van der Waals surface area contributed by atoms with Crippen molar-refractivity contribution in [3.8, 4) is 5.75 Å². The topological polar surface area (TPSA) is 86.5 Å². The van der Waals surface area contributed by atoms with Crippen LogP contribution in [0.1, 0.15) is 16.2 Å². The smallest absolute Gasteiger partial charge is 0.358 e. The summed E-state index contributed by atoms with van der Waals surface area (Å²) in [4.78, 5) is 11.0. The third-order valence-electron chi connectivity index (χ3n) is 2.69. The number of halogens is 1. The minimum Gasteiger partial charge on any atom is -0.492 e. The molecular weight excluding hydrogens is 298 g/mol. The summed E-state index contributed by atoms with van der Waals surface area (Å²) in [5, 5.41) is 17.0. The lowest BCUT2D eigenvalue weighted by molar-refractivity contribution is 0.0684. The molecule has 8 heteroatoms. The molecule has 112 valence electrons. The van der Waals surface area contributed by atoms with Gasteiger partial charge >= 0.3 is 5.97 Å². The van der Waals surface area contributed by atoms with Crippen molar-refractivity contribution < 1.29 is 19.4 Å². The van der Waals surface area contributed by atoms with Crippen LogP contribution >= 0.6 is 11.6 Å². The van der Waals surface area contributed by atoms with Gasteiger partial charge in [-0.3, -0.25) is 0 Å². The standard InChI is InChI=1S/C13H14ClN3O4/c1-20-8-11-12(13(18)19)15-16-17(11)5-6-21-10-4-2-3-9(14)7-10/h2-4,7H,5-6,8H2,1H3,(H,18,19). The van der Waals surface area contributed by atoms with Crippen molar-refractivity contribution in [1.29, 1.82) is 0 Å². The summed E-state index contributed by atoms with van der Waals surface area (Å²) in [6.45, 7) is 0.775. The summed E-state index contributed by atoms with van der Waals surface area (Å²) < 4.78 is 12.0. The minimum atomic E-state index is -1.14. The summed E-state index contributed by atoms with van der Waals surface area (Å²) in [6, 6.07) is 7.02. The molecule has 2 aromatic rings. The zero-order chi connectivity index (χ0) is 15.2. The van der Waals surface area contributed by atoms with E-state index in [1.165, 1.54) is 11.8 Å². The Kier molecular flexibility index (Phi) is 5.13. The Labute approximate surface area is 126 Å². The first-order valence-electron chi connectivity index (χ1n) is 6.14. The molecule has 7 nitrogen and oxygen atoms in total. The molecule has 0 aliphatic heterocycles. The van der Waals surface area contributed by atoms with Gasteiger partial charge in [0.25, 0.3) is 0 Å². The van der Waals surface area contributed by atoms with Crippen molar-refractivity contribution in [1.82, 2.24) is 15.0 Å². The molecule has 1 heterocycles. The van der Waals surface area contributed by atoms with Crippen LogP contribution in [0.4, 0.5) is 0 Å². The second kappa shape index (κ2) is 7.05. The van der Waals surface area contributed by atoms with Crippen LogP contribution in [0.25, 0.3) is 0 Å². The normalized spacial score (nSPS) is 10.6. The molecule has 0 bridgehead atoms. The first-order chi connectivity index (χ1) is 10.1. The largest absolute Gasteiger partial charge is 0.492 e. The zero-order valence-electron chi connectivity index (χ0n) is 11.3. The average Bonchev–Trinajstić information content (AvgIpc) is 2.83. The maximum atomic E-state index is 11.0. The Morgan fingerprint density at radius 3 is 2.95 bits per heavy atom. The van der Waals surface area contributed by atoms with E-state index in [1.54, 1.807) is 24.3 Å². The third-order valence-corrected chi connectivity index (χ3v) is 2.92. The molecule has 1 aromatic carbocycles. The lowest BCUT2D eigenvalue weighted by Gasteiger charge is -2.08. The maximum absolute atomic E-state index is 11.0. The van der Waals surface area contributed by atoms with E-state index in [-0.39, 0.29) is 12.3 Å². The summed E-state index contributed by atoms with van der Waals surface area (Å²) in [7, 11) is 1.48. The van der Waals surface area contributed by atoms with Gasteiger partial charge in [-0.05, 0) is 18.2 Å². The van der Waals surface area contributed by atoms with Gasteiger partial charge in [-0.2, -0.15) is 0 Å². The second-order valence-electron chi connectivity index (χ2n) is 4.15. The van der Waals surface area contributed by atoms with E-state index in [0.717, 1.165) is 0 Å². The maximum Gasteiger partial charge on any atom is 0.358 e. The van der Waals surface area contributed by atoms with Crippen molar-refractivity contribution in [2.75, 3.05) is 13.7 Å². The van der Waals surface area contributed by atoms with E-state index in [0.29, 0.717) is 29.6 Å². The number of rotatable bonds is 7. The molecule has 0 radical (unpaired) electrons. The van der Waals surface area contributed by atoms with Crippen LogP contribution in [-0.4, -0.2) is 39.8 Å². The fraction of sp³-hybridized carbons (Fsp3) is 0.308. The molecule has 0 saturated carbocycles. The number of hydrogen-bond donors (Lipinski definition) is 1.